The SMILES string of the molecule is CC1=C(C)[C@@]2(C)C[C@@]3(Cl)C(C)=C(C)[C@@]3(Cl)C[C@@]12C. The highest BCUT2D eigenvalue weighted by molar-refractivity contribution is 6.40. The van der Waals surface area contributed by atoms with Gasteiger partial charge in [0.25, 0.3) is 0 Å². The van der Waals surface area contributed by atoms with Crippen molar-refractivity contribution in [2.45, 2.75) is 64.1 Å². The third-order valence-electron chi connectivity index (χ3n) is 7.01. The summed E-state index contributed by atoms with van der Waals surface area (Å²) in [7, 11) is 0. The van der Waals surface area contributed by atoms with Crippen molar-refractivity contribution in [3.8, 4) is 0 Å². The molecule has 0 N–H and O–H groups in total. The molecule has 2 heteroatoms. The molecular formula is C16H22Cl2. The van der Waals surface area contributed by atoms with E-state index in [0.29, 0.717) is 0 Å². The summed E-state index contributed by atoms with van der Waals surface area (Å²) in [6.45, 7) is 13.6. The zero-order valence-electron chi connectivity index (χ0n) is 12.2. The molecule has 0 nitrogen and oxygen atoms in total. The van der Waals surface area contributed by atoms with Crippen molar-refractivity contribution in [3.05, 3.63) is 22.3 Å². The van der Waals surface area contributed by atoms with Gasteiger partial charge in [-0.25, -0.2) is 0 Å². The molecule has 3 aliphatic rings. The smallest absolute Gasteiger partial charge is 0.0893 e. The van der Waals surface area contributed by atoms with Gasteiger partial charge in [-0.2, -0.15) is 0 Å². The van der Waals surface area contributed by atoms with Gasteiger partial charge in [0.05, 0.1) is 9.75 Å². The number of fused-ring (bicyclic) bond motifs is 2. The molecule has 0 spiro atoms. The van der Waals surface area contributed by atoms with Crippen LogP contribution >= 0.6 is 23.2 Å². The number of halogens is 2. The molecule has 0 saturated heterocycles. The van der Waals surface area contributed by atoms with E-state index in [0.717, 1.165) is 12.8 Å². The van der Waals surface area contributed by atoms with Gasteiger partial charge in [0.15, 0.2) is 0 Å². The highest BCUT2D eigenvalue weighted by Gasteiger charge is 2.73. The predicted octanol–water partition coefficient (Wildman–Crippen LogP) is 5.45. The van der Waals surface area contributed by atoms with Crippen LogP contribution in [0, 0.1) is 10.8 Å². The molecule has 0 aromatic rings. The van der Waals surface area contributed by atoms with Crippen LogP contribution in [-0.2, 0) is 0 Å². The van der Waals surface area contributed by atoms with Gasteiger partial charge in [-0.15, -0.1) is 23.2 Å². The summed E-state index contributed by atoms with van der Waals surface area (Å²) >= 11 is 13.9. The quantitative estimate of drug-likeness (QED) is 0.410. The molecule has 4 atom stereocenters. The maximum Gasteiger partial charge on any atom is 0.0893 e. The Bertz CT molecular complexity index is 437. The Hall–Kier alpha value is 0.0600. The fourth-order valence-electron chi connectivity index (χ4n) is 4.89. The van der Waals surface area contributed by atoms with Crippen LogP contribution in [0.1, 0.15) is 54.4 Å². The molecule has 0 unspecified atom stereocenters. The van der Waals surface area contributed by atoms with Crippen LogP contribution in [0.2, 0.25) is 0 Å². The van der Waals surface area contributed by atoms with Crippen molar-refractivity contribution in [2.75, 3.05) is 0 Å². The van der Waals surface area contributed by atoms with Gasteiger partial charge in [-0.1, -0.05) is 25.0 Å². The standard InChI is InChI=1S/C16H22Cl2/c1-9-10(2)14(6)8-16(18)12(4)11(3)15(16,17)7-13(9,14)5/h7-8H2,1-6H3/t13-,14+,15-,16+. The third-order valence-corrected chi connectivity index (χ3v) is 8.59. The minimum Gasteiger partial charge on any atom is -0.112 e. The second-order valence-corrected chi connectivity index (χ2v) is 8.41. The van der Waals surface area contributed by atoms with Crippen molar-refractivity contribution in [2.24, 2.45) is 10.8 Å². The molecule has 0 heterocycles. The average molecular weight is 285 g/mol. The van der Waals surface area contributed by atoms with Gasteiger partial charge in [0.2, 0.25) is 0 Å². The molecule has 0 aromatic carbocycles. The van der Waals surface area contributed by atoms with Crippen molar-refractivity contribution in [1.29, 1.82) is 0 Å². The van der Waals surface area contributed by atoms with E-state index in [9.17, 15) is 0 Å². The van der Waals surface area contributed by atoms with Crippen molar-refractivity contribution in [1.82, 2.24) is 0 Å². The van der Waals surface area contributed by atoms with Crippen LogP contribution < -0.4 is 0 Å². The topological polar surface area (TPSA) is 0 Å². The van der Waals surface area contributed by atoms with E-state index in [-0.39, 0.29) is 20.6 Å². The molecule has 18 heavy (non-hydrogen) atoms. The third kappa shape index (κ3) is 0.946. The number of alkyl halides is 2. The molecule has 3 aliphatic carbocycles. The highest BCUT2D eigenvalue weighted by Crippen LogP contribution is 2.77. The monoisotopic (exact) mass is 284 g/mol. The second-order valence-electron chi connectivity index (χ2n) is 7.12. The highest BCUT2D eigenvalue weighted by atomic mass is 35.5. The largest absolute Gasteiger partial charge is 0.112 e. The van der Waals surface area contributed by atoms with Crippen LogP contribution in [0.3, 0.4) is 0 Å². The average Bonchev–Trinajstić information content (AvgIpc) is 2.33. The van der Waals surface area contributed by atoms with Crippen LogP contribution in [0.15, 0.2) is 22.3 Å². The zero-order valence-corrected chi connectivity index (χ0v) is 13.7. The van der Waals surface area contributed by atoms with Gasteiger partial charge >= 0.3 is 0 Å². The summed E-state index contributed by atoms with van der Waals surface area (Å²) in [4.78, 5) is -0.649. The molecule has 3 rings (SSSR count). The van der Waals surface area contributed by atoms with Gasteiger partial charge in [0.1, 0.15) is 0 Å². The van der Waals surface area contributed by atoms with Crippen molar-refractivity contribution < 1.29 is 0 Å². The molecule has 1 fully saturated rings. The Morgan fingerprint density at radius 2 is 0.944 bits per heavy atom. The number of allylic oxidation sites excluding steroid dienone is 4. The van der Waals surface area contributed by atoms with E-state index in [2.05, 4.69) is 41.5 Å². The van der Waals surface area contributed by atoms with Crippen LogP contribution in [-0.4, -0.2) is 9.75 Å². The number of hydrogen-bond acceptors (Lipinski definition) is 0. The first-order valence-corrected chi connectivity index (χ1v) is 7.55. The first kappa shape index (κ1) is 13.1. The fraction of sp³-hybridized carbons (Fsp3) is 0.750. The summed E-state index contributed by atoms with van der Waals surface area (Å²) < 4.78 is 0. The normalized spacial score (nSPS) is 54.7. The lowest BCUT2D eigenvalue weighted by Crippen LogP contribution is -2.69. The van der Waals surface area contributed by atoms with Crippen molar-refractivity contribution >= 4 is 23.2 Å². The minimum atomic E-state index is -0.325. The number of rotatable bonds is 0. The zero-order chi connectivity index (χ0) is 13.7. The van der Waals surface area contributed by atoms with E-state index in [1.165, 1.54) is 22.3 Å². The second kappa shape index (κ2) is 3.04. The fourth-order valence-corrected chi connectivity index (χ4v) is 6.13. The maximum absolute atomic E-state index is 6.94. The molecule has 0 aromatic heterocycles. The van der Waals surface area contributed by atoms with Gasteiger partial charge in [-0.3, -0.25) is 0 Å². The van der Waals surface area contributed by atoms with Gasteiger partial charge in [-0.05, 0) is 62.5 Å². The molecular weight excluding hydrogens is 263 g/mol. The Morgan fingerprint density at radius 1 is 0.667 bits per heavy atom. The molecule has 1 saturated carbocycles. The first-order valence-electron chi connectivity index (χ1n) is 6.79. The minimum absolute atomic E-state index is 0.221. The summed E-state index contributed by atoms with van der Waals surface area (Å²) in [6.07, 6.45) is 1.96. The van der Waals surface area contributed by atoms with Gasteiger partial charge in [0, 0.05) is 0 Å². The van der Waals surface area contributed by atoms with Gasteiger partial charge < -0.3 is 0 Å². The maximum atomic E-state index is 6.94. The Morgan fingerprint density at radius 3 is 1.22 bits per heavy atom. The molecule has 0 radical (unpaired) electrons. The summed E-state index contributed by atoms with van der Waals surface area (Å²) in [6, 6.07) is 0. The van der Waals surface area contributed by atoms with E-state index in [4.69, 9.17) is 23.2 Å². The lowest BCUT2D eigenvalue weighted by Gasteiger charge is -2.71. The first-order chi connectivity index (χ1) is 8.04. The van der Waals surface area contributed by atoms with E-state index < -0.39 is 0 Å². The number of hydrogen-bond donors (Lipinski definition) is 0. The Labute approximate surface area is 120 Å². The van der Waals surface area contributed by atoms with Crippen LogP contribution in [0.5, 0.6) is 0 Å². The lowest BCUT2D eigenvalue weighted by molar-refractivity contribution is 0.00364. The lowest BCUT2D eigenvalue weighted by atomic mass is 9.37. The van der Waals surface area contributed by atoms with E-state index in [1.54, 1.807) is 0 Å². The molecule has 0 aliphatic heterocycles. The predicted molar refractivity (Wildman–Crippen MR) is 79.4 cm³/mol. The summed E-state index contributed by atoms with van der Waals surface area (Å²) in [5.74, 6) is 0. The summed E-state index contributed by atoms with van der Waals surface area (Å²) in [5.41, 5.74) is 6.11. The molecule has 0 bridgehead atoms. The van der Waals surface area contributed by atoms with E-state index >= 15 is 0 Å². The summed E-state index contributed by atoms with van der Waals surface area (Å²) in [5, 5.41) is 0. The van der Waals surface area contributed by atoms with Crippen LogP contribution in [0.25, 0.3) is 0 Å². The van der Waals surface area contributed by atoms with Crippen LogP contribution in [0.4, 0.5) is 0 Å². The molecule has 100 valence electrons. The van der Waals surface area contributed by atoms with Crippen molar-refractivity contribution in [3.63, 3.8) is 0 Å². The van der Waals surface area contributed by atoms with E-state index in [1.807, 2.05) is 0 Å². The Kier molecular flexibility index (Phi) is 2.20. The Balaban J connectivity index is 2.16. The molecule has 0 amide bonds.